The van der Waals surface area contributed by atoms with Crippen molar-refractivity contribution in [1.82, 2.24) is 5.32 Å². The van der Waals surface area contributed by atoms with E-state index in [-0.39, 0.29) is 12.3 Å². The Bertz CT molecular complexity index is 104. The molecule has 0 fully saturated rings. The minimum Gasteiger partial charge on any atom is -0.364 e. The summed E-state index contributed by atoms with van der Waals surface area (Å²) < 4.78 is 5.10. The Kier molecular flexibility index (Phi) is 6.02. The number of nitrogens with two attached hydrogens (primary N) is 1. The number of nitrogens with one attached hydrogen (secondary N) is 1. The van der Waals surface area contributed by atoms with E-state index in [2.05, 4.69) is 17.0 Å². The summed E-state index contributed by atoms with van der Waals surface area (Å²) in [6, 6.07) is 0.0509. The van der Waals surface area contributed by atoms with E-state index in [1.807, 2.05) is 7.05 Å². The molecule has 0 aliphatic carbocycles. The first-order chi connectivity index (χ1) is 5.29. The van der Waals surface area contributed by atoms with Crippen LogP contribution < -0.4 is 11.1 Å². The van der Waals surface area contributed by atoms with E-state index >= 15 is 0 Å². The standard InChI is InChI=1S/C7H17N3O/c1-9-6(4-5-8)7(10-2)11-3/h6-7,10H,1,4-5,8H2,2-3H3. The topological polar surface area (TPSA) is 59.6 Å². The quantitative estimate of drug-likeness (QED) is 0.409. The number of rotatable bonds is 6. The second kappa shape index (κ2) is 6.27. The number of likely N-dealkylation sites (N-methyl/N-ethyl adjacent to an activating group) is 1. The van der Waals surface area contributed by atoms with E-state index in [0.717, 1.165) is 6.42 Å². The molecule has 4 heteroatoms. The molecule has 0 saturated heterocycles. The van der Waals surface area contributed by atoms with Gasteiger partial charge in [0, 0.05) is 7.11 Å². The summed E-state index contributed by atoms with van der Waals surface area (Å²) in [7, 11) is 3.46. The zero-order chi connectivity index (χ0) is 8.69. The Morgan fingerprint density at radius 3 is 2.64 bits per heavy atom. The summed E-state index contributed by atoms with van der Waals surface area (Å²) in [5.74, 6) is 0. The first-order valence-electron chi connectivity index (χ1n) is 3.66. The maximum absolute atomic E-state index is 5.38. The Morgan fingerprint density at radius 2 is 2.36 bits per heavy atom. The highest BCUT2D eigenvalue weighted by molar-refractivity contribution is 5.24. The van der Waals surface area contributed by atoms with Gasteiger partial charge >= 0.3 is 0 Å². The average Bonchev–Trinajstić information content (AvgIpc) is 2.05. The molecule has 0 aromatic rings. The molecule has 2 unspecified atom stereocenters. The Morgan fingerprint density at radius 1 is 1.73 bits per heavy atom. The van der Waals surface area contributed by atoms with Crippen molar-refractivity contribution >= 4 is 6.72 Å². The molecule has 4 nitrogen and oxygen atoms in total. The molecule has 0 bridgehead atoms. The summed E-state index contributed by atoms with van der Waals surface area (Å²) >= 11 is 0. The predicted molar refractivity (Wildman–Crippen MR) is 46.9 cm³/mol. The van der Waals surface area contributed by atoms with Gasteiger partial charge in [0.05, 0.1) is 6.04 Å². The van der Waals surface area contributed by atoms with Crippen molar-refractivity contribution in [3.05, 3.63) is 0 Å². The number of aliphatic imine (C=N–C) groups is 1. The second-order valence-electron chi connectivity index (χ2n) is 2.27. The molecule has 0 aromatic carbocycles. The highest BCUT2D eigenvalue weighted by Crippen LogP contribution is 2.02. The van der Waals surface area contributed by atoms with Crippen molar-refractivity contribution < 1.29 is 4.74 Å². The molecule has 0 saturated carbocycles. The lowest BCUT2D eigenvalue weighted by atomic mass is 10.2. The number of nitrogens with zero attached hydrogens (tertiary/aromatic N) is 1. The minimum absolute atomic E-state index is 0.0509. The van der Waals surface area contributed by atoms with Crippen LogP contribution in [0.5, 0.6) is 0 Å². The highest BCUT2D eigenvalue weighted by atomic mass is 16.5. The van der Waals surface area contributed by atoms with Crippen LogP contribution in [0, 0.1) is 0 Å². The Balaban J connectivity index is 3.86. The lowest BCUT2D eigenvalue weighted by Crippen LogP contribution is -2.39. The van der Waals surface area contributed by atoms with E-state index in [4.69, 9.17) is 10.5 Å². The fourth-order valence-electron chi connectivity index (χ4n) is 0.976. The van der Waals surface area contributed by atoms with Gasteiger partial charge in [-0.3, -0.25) is 10.3 Å². The van der Waals surface area contributed by atoms with Crippen LogP contribution in [0.1, 0.15) is 6.42 Å². The molecule has 0 spiro atoms. The van der Waals surface area contributed by atoms with Crippen LogP contribution >= 0.6 is 0 Å². The normalized spacial score (nSPS) is 15.9. The maximum atomic E-state index is 5.38. The minimum atomic E-state index is -0.0731. The maximum Gasteiger partial charge on any atom is 0.130 e. The number of hydrogen-bond acceptors (Lipinski definition) is 4. The third kappa shape index (κ3) is 3.46. The lowest BCUT2D eigenvalue weighted by molar-refractivity contribution is 0.0583. The number of hydrogen-bond donors (Lipinski definition) is 2. The molecular weight excluding hydrogens is 142 g/mol. The molecule has 66 valence electrons. The highest BCUT2D eigenvalue weighted by Gasteiger charge is 2.15. The van der Waals surface area contributed by atoms with Crippen LogP contribution in [0.25, 0.3) is 0 Å². The van der Waals surface area contributed by atoms with Gasteiger partial charge < -0.3 is 10.5 Å². The fraction of sp³-hybridized carbons (Fsp3) is 0.857. The third-order valence-corrected chi connectivity index (χ3v) is 1.58. The molecule has 0 rings (SSSR count). The second-order valence-corrected chi connectivity index (χ2v) is 2.27. The molecule has 2 atom stereocenters. The molecular formula is C7H17N3O. The molecule has 0 heterocycles. The first-order valence-corrected chi connectivity index (χ1v) is 3.66. The molecule has 0 radical (unpaired) electrons. The first kappa shape index (κ1) is 10.6. The summed E-state index contributed by atoms with van der Waals surface area (Å²) in [5.41, 5.74) is 5.38. The van der Waals surface area contributed by atoms with Crippen molar-refractivity contribution in [2.24, 2.45) is 10.7 Å². The van der Waals surface area contributed by atoms with Gasteiger partial charge in [-0.2, -0.15) is 0 Å². The summed E-state index contributed by atoms with van der Waals surface area (Å²) in [6.45, 7) is 4.07. The van der Waals surface area contributed by atoms with E-state index in [1.54, 1.807) is 7.11 Å². The van der Waals surface area contributed by atoms with Gasteiger partial charge in [0.15, 0.2) is 0 Å². The summed E-state index contributed by atoms with van der Waals surface area (Å²) in [6.07, 6.45) is 0.721. The van der Waals surface area contributed by atoms with Crippen molar-refractivity contribution in [2.45, 2.75) is 18.7 Å². The van der Waals surface area contributed by atoms with E-state index in [1.165, 1.54) is 0 Å². The van der Waals surface area contributed by atoms with Crippen molar-refractivity contribution in [3.8, 4) is 0 Å². The molecule has 0 amide bonds. The molecule has 11 heavy (non-hydrogen) atoms. The van der Waals surface area contributed by atoms with Crippen LogP contribution in [0.3, 0.4) is 0 Å². The van der Waals surface area contributed by atoms with Gasteiger partial charge in [0.1, 0.15) is 6.23 Å². The summed E-state index contributed by atoms with van der Waals surface area (Å²) in [5, 5.41) is 2.98. The van der Waals surface area contributed by atoms with E-state index < -0.39 is 0 Å². The SMILES string of the molecule is C=NC(CCN)C(NC)OC. The van der Waals surface area contributed by atoms with Gasteiger partial charge in [-0.1, -0.05) is 0 Å². The molecule has 3 N–H and O–H groups in total. The van der Waals surface area contributed by atoms with E-state index in [9.17, 15) is 0 Å². The van der Waals surface area contributed by atoms with Gasteiger partial charge in [-0.15, -0.1) is 0 Å². The van der Waals surface area contributed by atoms with E-state index in [0.29, 0.717) is 6.54 Å². The van der Waals surface area contributed by atoms with Crippen molar-refractivity contribution in [2.75, 3.05) is 20.7 Å². The van der Waals surface area contributed by atoms with Gasteiger partial charge in [-0.25, -0.2) is 0 Å². The van der Waals surface area contributed by atoms with Gasteiger partial charge in [-0.05, 0) is 26.7 Å². The van der Waals surface area contributed by atoms with Crippen LogP contribution in [0.2, 0.25) is 0 Å². The molecule has 0 aliphatic heterocycles. The third-order valence-electron chi connectivity index (χ3n) is 1.58. The zero-order valence-electron chi connectivity index (χ0n) is 7.21. The van der Waals surface area contributed by atoms with Crippen molar-refractivity contribution in [1.29, 1.82) is 0 Å². The largest absolute Gasteiger partial charge is 0.364 e. The number of methoxy groups -OCH3 is 1. The van der Waals surface area contributed by atoms with Gasteiger partial charge in [0.25, 0.3) is 0 Å². The van der Waals surface area contributed by atoms with Crippen LogP contribution in [0.15, 0.2) is 4.99 Å². The number of ether oxygens (including phenoxy) is 1. The Labute approximate surface area is 67.8 Å². The lowest BCUT2D eigenvalue weighted by Gasteiger charge is -2.20. The molecule has 0 aromatic heterocycles. The smallest absolute Gasteiger partial charge is 0.130 e. The Hall–Kier alpha value is -0.450. The van der Waals surface area contributed by atoms with Crippen LogP contribution in [0.4, 0.5) is 0 Å². The fourth-order valence-corrected chi connectivity index (χ4v) is 0.976. The van der Waals surface area contributed by atoms with Crippen LogP contribution in [-0.2, 0) is 4.74 Å². The zero-order valence-corrected chi connectivity index (χ0v) is 7.21. The monoisotopic (exact) mass is 159 g/mol. The predicted octanol–water partition coefficient (Wildman–Crippen LogP) is -0.404. The average molecular weight is 159 g/mol. The van der Waals surface area contributed by atoms with Crippen LogP contribution in [-0.4, -0.2) is 39.7 Å². The van der Waals surface area contributed by atoms with Crippen molar-refractivity contribution in [3.63, 3.8) is 0 Å². The van der Waals surface area contributed by atoms with Gasteiger partial charge in [0.2, 0.25) is 0 Å². The molecule has 0 aliphatic rings. The summed E-state index contributed by atoms with van der Waals surface area (Å²) in [4.78, 5) is 3.90.